The highest BCUT2D eigenvalue weighted by Crippen LogP contribution is 2.35. The number of hydrogen-bond acceptors (Lipinski definition) is 7. The maximum absolute atomic E-state index is 13.3. The van der Waals surface area contributed by atoms with Crippen molar-refractivity contribution in [3.63, 3.8) is 0 Å². The lowest BCUT2D eigenvalue weighted by molar-refractivity contribution is 0.135. The van der Waals surface area contributed by atoms with E-state index in [2.05, 4.69) is 8.75 Å². The van der Waals surface area contributed by atoms with Gasteiger partial charge in [0, 0.05) is 24.7 Å². The summed E-state index contributed by atoms with van der Waals surface area (Å²) in [7, 11) is -3.69. The molecule has 1 fully saturated rings. The molecule has 1 amide bonds. The van der Waals surface area contributed by atoms with E-state index in [0.717, 1.165) is 28.5 Å². The molecule has 1 saturated heterocycles. The summed E-state index contributed by atoms with van der Waals surface area (Å²) >= 11 is 1.00. The summed E-state index contributed by atoms with van der Waals surface area (Å²) in [6.07, 6.45) is 0.706. The molecule has 2 aromatic carbocycles. The lowest BCUT2D eigenvalue weighted by Gasteiger charge is -2.40. The van der Waals surface area contributed by atoms with Gasteiger partial charge in [0.25, 0.3) is 0 Å². The minimum Gasteiger partial charge on any atom is -0.444 e. The Morgan fingerprint density at radius 3 is 2.67 bits per heavy atom. The fraction of sp³-hybridized carbons (Fsp3) is 0.350. The molecule has 0 unspecified atom stereocenters. The highest BCUT2D eigenvalue weighted by Gasteiger charge is 2.38. The third-order valence-corrected chi connectivity index (χ3v) is 8.24. The quantitative estimate of drug-likeness (QED) is 0.615. The van der Waals surface area contributed by atoms with Gasteiger partial charge in [-0.25, -0.2) is 13.2 Å². The number of sulfonamides is 1. The number of rotatable bonds is 3. The lowest BCUT2D eigenvalue weighted by Crippen LogP contribution is -2.50. The first-order valence-electron chi connectivity index (χ1n) is 9.73. The van der Waals surface area contributed by atoms with Crippen LogP contribution in [0.15, 0.2) is 41.3 Å². The van der Waals surface area contributed by atoms with Crippen molar-refractivity contribution in [1.29, 1.82) is 0 Å². The van der Waals surface area contributed by atoms with Crippen molar-refractivity contribution in [3.05, 3.63) is 47.5 Å². The molecule has 5 rings (SSSR count). The molecule has 0 aliphatic carbocycles. The van der Waals surface area contributed by atoms with E-state index in [1.165, 1.54) is 4.31 Å². The number of benzene rings is 2. The second-order valence-corrected chi connectivity index (χ2v) is 9.97. The van der Waals surface area contributed by atoms with Gasteiger partial charge in [-0.15, -0.1) is 0 Å². The monoisotopic (exact) mass is 444 g/mol. The SMILES string of the molecule is Cc1cccc2c1N(C1CCN(S(=O)(=O)c3cccc4nsnc34)CC1)C(=O)OC2. The van der Waals surface area contributed by atoms with E-state index < -0.39 is 10.0 Å². The molecular formula is C20H20N4O4S2. The summed E-state index contributed by atoms with van der Waals surface area (Å²) in [6, 6.07) is 10.8. The fourth-order valence-electron chi connectivity index (χ4n) is 4.28. The maximum atomic E-state index is 13.3. The van der Waals surface area contributed by atoms with Crippen LogP contribution in [-0.4, -0.2) is 46.7 Å². The number of cyclic esters (lactones) is 1. The van der Waals surface area contributed by atoms with Gasteiger partial charge in [0.15, 0.2) is 0 Å². The molecule has 10 heteroatoms. The predicted molar refractivity (Wildman–Crippen MR) is 113 cm³/mol. The highest BCUT2D eigenvalue weighted by molar-refractivity contribution is 7.89. The third kappa shape index (κ3) is 3.06. The van der Waals surface area contributed by atoms with E-state index in [4.69, 9.17) is 4.74 Å². The summed E-state index contributed by atoms with van der Waals surface area (Å²) < 4.78 is 41.7. The molecule has 156 valence electrons. The van der Waals surface area contributed by atoms with Crippen LogP contribution in [0.2, 0.25) is 0 Å². The average Bonchev–Trinajstić information content (AvgIpc) is 3.23. The summed E-state index contributed by atoms with van der Waals surface area (Å²) in [4.78, 5) is 14.5. The van der Waals surface area contributed by atoms with Gasteiger partial charge in [0.2, 0.25) is 10.0 Å². The molecule has 0 bridgehead atoms. The second-order valence-electron chi connectivity index (χ2n) is 7.53. The number of piperidine rings is 1. The molecule has 0 radical (unpaired) electrons. The van der Waals surface area contributed by atoms with Gasteiger partial charge in [0.1, 0.15) is 22.5 Å². The van der Waals surface area contributed by atoms with Crippen molar-refractivity contribution in [2.75, 3.05) is 18.0 Å². The normalized spacial score (nSPS) is 18.4. The lowest BCUT2D eigenvalue weighted by atomic mass is 10.00. The van der Waals surface area contributed by atoms with Crippen molar-refractivity contribution >= 4 is 44.6 Å². The second kappa shape index (κ2) is 7.29. The summed E-state index contributed by atoms with van der Waals surface area (Å²) in [5.74, 6) is 0. The minimum atomic E-state index is -3.69. The fourth-order valence-corrected chi connectivity index (χ4v) is 6.50. The van der Waals surface area contributed by atoms with E-state index in [1.54, 1.807) is 23.1 Å². The van der Waals surface area contributed by atoms with Gasteiger partial charge in [-0.3, -0.25) is 4.90 Å². The number of ether oxygens (including phenoxy) is 1. The number of anilines is 1. The van der Waals surface area contributed by atoms with Crippen molar-refractivity contribution in [1.82, 2.24) is 13.1 Å². The summed E-state index contributed by atoms with van der Waals surface area (Å²) in [5.41, 5.74) is 3.88. The van der Waals surface area contributed by atoms with E-state index in [0.29, 0.717) is 37.0 Å². The Labute approximate surface area is 178 Å². The van der Waals surface area contributed by atoms with Gasteiger partial charge >= 0.3 is 6.09 Å². The van der Waals surface area contributed by atoms with Crippen LogP contribution in [0, 0.1) is 6.92 Å². The van der Waals surface area contributed by atoms with E-state index in [-0.39, 0.29) is 23.6 Å². The predicted octanol–water partition coefficient (Wildman–Crippen LogP) is 3.31. The van der Waals surface area contributed by atoms with Crippen LogP contribution in [0.5, 0.6) is 0 Å². The number of aryl methyl sites for hydroxylation is 1. The van der Waals surface area contributed by atoms with Gasteiger partial charge in [-0.05, 0) is 37.5 Å². The van der Waals surface area contributed by atoms with Crippen LogP contribution in [0.25, 0.3) is 11.0 Å². The van der Waals surface area contributed by atoms with Crippen LogP contribution in [0.3, 0.4) is 0 Å². The number of amides is 1. The Kier molecular flexibility index (Phi) is 4.72. The number of nitrogens with zero attached hydrogens (tertiary/aromatic N) is 4. The molecule has 3 heterocycles. The zero-order chi connectivity index (χ0) is 20.9. The van der Waals surface area contributed by atoms with E-state index in [9.17, 15) is 13.2 Å². The molecule has 1 aromatic heterocycles. The zero-order valence-corrected chi connectivity index (χ0v) is 17.9. The average molecular weight is 445 g/mol. The molecule has 0 atom stereocenters. The standard InChI is InChI=1S/C20H20N4O4S2/c1-13-4-2-5-14-12-28-20(25)24(19(13)14)15-8-10-23(11-9-15)30(26,27)17-7-3-6-16-18(17)22-29-21-16/h2-7,15H,8-12H2,1H3. The van der Waals surface area contributed by atoms with Crippen LogP contribution < -0.4 is 4.90 Å². The number of carbonyl (C=O) groups is 1. The first-order chi connectivity index (χ1) is 14.5. The van der Waals surface area contributed by atoms with E-state index in [1.807, 2.05) is 25.1 Å². The molecule has 30 heavy (non-hydrogen) atoms. The number of hydrogen-bond donors (Lipinski definition) is 0. The van der Waals surface area contributed by atoms with Crippen LogP contribution in [0.4, 0.5) is 10.5 Å². The van der Waals surface area contributed by atoms with Crippen LogP contribution in [-0.2, 0) is 21.4 Å². The summed E-state index contributed by atoms with van der Waals surface area (Å²) in [6.45, 7) is 2.90. The Balaban J connectivity index is 1.40. The minimum absolute atomic E-state index is 0.110. The first kappa shape index (κ1) is 19.4. The van der Waals surface area contributed by atoms with Crippen LogP contribution in [0.1, 0.15) is 24.0 Å². The van der Waals surface area contributed by atoms with Crippen molar-refractivity contribution < 1.29 is 17.9 Å². The van der Waals surface area contributed by atoms with E-state index >= 15 is 0 Å². The Morgan fingerprint density at radius 2 is 1.87 bits per heavy atom. The molecule has 0 N–H and O–H groups in total. The number of para-hydroxylation sites is 1. The smallest absolute Gasteiger partial charge is 0.414 e. The largest absolute Gasteiger partial charge is 0.444 e. The molecule has 8 nitrogen and oxygen atoms in total. The van der Waals surface area contributed by atoms with Gasteiger partial charge in [-0.1, -0.05) is 24.3 Å². The molecule has 0 spiro atoms. The molecule has 2 aliphatic rings. The Morgan fingerprint density at radius 1 is 1.10 bits per heavy atom. The molecular weight excluding hydrogens is 424 g/mol. The molecule has 2 aliphatic heterocycles. The number of aromatic nitrogens is 2. The van der Waals surface area contributed by atoms with Crippen LogP contribution >= 0.6 is 11.7 Å². The number of fused-ring (bicyclic) bond motifs is 2. The Hall–Kier alpha value is -2.56. The van der Waals surface area contributed by atoms with Crippen molar-refractivity contribution in [2.45, 2.75) is 37.3 Å². The maximum Gasteiger partial charge on any atom is 0.414 e. The summed E-state index contributed by atoms with van der Waals surface area (Å²) in [5, 5.41) is 0. The van der Waals surface area contributed by atoms with Crippen molar-refractivity contribution in [2.24, 2.45) is 0 Å². The van der Waals surface area contributed by atoms with Gasteiger partial charge < -0.3 is 4.74 Å². The van der Waals surface area contributed by atoms with Crippen molar-refractivity contribution in [3.8, 4) is 0 Å². The van der Waals surface area contributed by atoms with Gasteiger partial charge in [0.05, 0.1) is 17.4 Å². The number of carbonyl (C=O) groups excluding carboxylic acids is 1. The molecule has 0 saturated carbocycles. The Bertz CT molecular complexity index is 1230. The third-order valence-electron chi connectivity index (χ3n) is 5.77. The molecule has 3 aromatic rings. The topological polar surface area (TPSA) is 92.7 Å². The zero-order valence-electron chi connectivity index (χ0n) is 16.3. The first-order valence-corrected chi connectivity index (χ1v) is 11.9. The highest BCUT2D eigenvalue weighted by atomic mass is 32.2. The van der Waals surface area contributed by atoms with Gasteiger partial charge in [-0.2, -0.15) is 13.1 Å².